The van der Waals surface area contributed by atoms with Crippen LogP contribution in [0.1, 0.15) is 18.4 Å². The van der Waals surface area contributed by atoms with Crippen molar-refractivity contribution in [1.29, 1.82) is 5.26 Å². The molecule has 1 amide bonds. The normalized spacial score (nSPS) is 15.5. The summed E-state index contributed by atoms with van der Waals surface area (Å²) in [6.07, 6.45) is 1.76. The van der Waals surface area contributed by atoms with Crippen LogP contribution < -0.4 is 10.6 Å². The topological polar surface area (TPSA) is 74.2 Å². The molecular formula is C14H17N3O2. The zero-order valence-corrected chi connectivity index (χ0v) is 10.7. The first kappa shape index (κ1) is 13.4. The van der Waals surface area contributed by atoms with Crippen LogP contribution in [0.15, 0.2) is 24.3 Å². The van der Waals surface area contributed by atoms with Gasteiger partial charge in [-0.2, -0.15) is 5.26 Å². The molecule has 2 N–H and O–H groups in total. The van der Waals surface area contributed by atoms with Gasteiger partial charge in [-0.15, -0.1) is 0 Å². The van der Waals surface area contributed by atoms with Gasteiger partial charge in [-0.3, -0.25) is 4.79 Å². The zero-order valence-electron chi connectivity index (χ0n) is 10.7. The molecule has 1 aromatic rings. The van der Waals surface area contributed by atoms with Crippen LogP contribution >= 0.6 is 0 Å². The average Bonchev–Trinajstić information content (AvgIpc) is 2.47. The molecule has 0 saturated carbocycles. The lowest BCUT2D eigenvalue weighted by molar-refractivity contribution is -0.120. The van der Waals surface area contributed by atoms with Crippen molar-refractivity contribution in [3.63, 3.8) is 0 Å². The minimum atomic E-state index is -0.0174. The summed E-state index contributed by atoms with van der Waals surface area (Å²) in [5, 5.41) is 14.7. The van der Waals surface area contributed by atoms with Crippen molar-refractivity contribution in [2.24, 2.45) is 0 Å². The Morgan fingerprint density at radius 3 is 2.63 bits per heavy atom. The zero-order chi connectivity index (χ0) is 13.5. The summed E-state index contributed by atoms with van der Waals surface area (Å²) in [6, 6.07) is 9.31. The van der Waals surface area contributed by atoms with Crippen LogP contribution in [0.4, 0.5) is 5.69 Å². The van der Waals surface area contributed by atoms with Gasteiger partial charge in [0.25, 0.3) is 0 Å². The lowest BCUT2D eigenvalue weighted by atomic mass is 10.1. The summed E-state index contributed by atoms with van der Waals surface area (Å²) < 4.78 is 5.24. The van der Waals surface area contributed by atoms with E-state index in [1.165, 1.54) is 0 Å². The minimum Gasteiger partial charge on any atom is -0.381 e. The number of carbonyl (C=O) groups excluding carboxylic acids is 1. The predicted octanol–water partition coefficient (Wildman–Crippen LogP) is 1.27. The third-order valence-corrected chi connectivity index (χ3v) is 3.05. The SMILES string of the molecule is N#Cc1ccc(NCC(=O)NC2CCOCC2)cc1. The maximum atomic E-state index is 11.7. The summed E-state index contributed by atoms with van der Waals surface area (Å²) >= 11 is 0. The molecule has 0 radical (unpaired) electrons. The largest absolute Gasteiger partial charge is 0.381 e. The number of nitrogens with one attached hydrogen (secondary N) is 2. The van der Waals surface area contributed by atoms with Gasteiger partial charge in [0.05, 0.1) is 18.2 Å². The van der Waals surface area contributed by atoms with Crippen LogP contribution in [0.3, 0.4) is 0 Å². The highest BCUT2D eigenvalue weighted by molar-refractivity contribution is 5.81. The van der Waals surface area contributed by atoms with Gasteiger partial charge in [-0.1, -0.05) is 0 Å². The molecule has 1 aliphatic rings. The third kappa shape index (κ3) is 4.27. The highest BCUT2D eigenvalue weighted by Gasteiger charge is 2.15. The fourth-order valence-corrected chi connectivity index (χ4v) is 1.97. The van der Waals surface area contributed by atoms with Crippen LogP contribution in [-0.2, 0) is 9.53 Å². The maximum absolute atomic E-state index is 11.7. The lowest BCUT2D eigenvalue weighted by Gasteiger charge is -2.23. The molecule has 0 atom stereocenters. The fourth-order valence-electron chi connectivity index (χ4n) is 1.97. The molecule has 1 aliphatic heterocycles. The van der Waals surface area contributed by atoms with E-state index in [2.05, 4.69) is 16.7 Å². The molecule has 0 aromatic heterocycles. The molecule has 1 heterocycles. The Morgan fingerprint density at radius 2 is 2.00 bits per heavy atom. The predicted molar refractivity (Wildman–Crippen MR) is 71.6 cm³/mol. The number of hydrogen-bond donors (Lipinski definition) is 2. The molecular weight excluding hydrogens is 242 g/mol. The Bertz CT molecular complexity index is 459. The second kappa shape index (κ2) is 6.76. The molecule has 1 aromatic carbocycles. The molecule has 0 spiro atoms. The number of nitrogens with zero attached hydrogens (tertiary/aromatic N) is 1. The van der Waals surface area contributed by atoms with Gasteiger partial charge in [-0.05, 0) is 37.1 Å². The van der Waals surface area contributed by atoms with E-state index in [9.17, 15) is 4.79 Å². The molecule has 0 aliphatic carbocycles. The second-order valence-electron chi connectivity index (χ2n) is 4.50. The molecule has 2 rings (SSSR count). The van der Waals surface area contributed by atoms with E-state index in [-0.39, 0.29) is 18.5 Å². The number of carbonyl (C=O) groups is 1. The first-order valence-corrected chi connectivity index (χ1v) is 6.39. The Hall–Kier alpha value is -2.06. The number of benzene rings is 1. The molecule has 0 bridgehead atoms. The van der Waals surface area contributed by atoms with Crippen LogP contribution in [0.25, 0.3) is 0 Å². The molecule has 1 fully saturated rings. The minimum absolute atomic E-state index is 0.0174. The van der Waals surface area contributed by atoms with E-state index in [4.69, 9.17) is 10.00 Å². The molecule has 5 nitrogen and oxygen atoms in total. The van der Waals surface area contributed by atoms with Crippen LogP contribution in [0.2, 0.25) is 0 Å². The Balaban J connectivity index is 1.74. The molecule has 100 valence electrons. The number of nitriles is 1. The molecule has 5 heteroatoms. The molecule has 1 saturated heterocycles. The summed E-state index contributed by atoms with van der Waals surface area (Å²) in [6.45, 7) is 1.67. The van der Waals surface area contributed by atoms with E-state index in [1.54, 1.807) is 24.3 Å². The standard InChI is InChI=1S/C14H17N3O2/c15-9-11-1-3-12(4-2-11)16-10-14(18)17-13-5-7-19-8-6-13/h1-4,13,16H,5-8,10H2,(H,17,18). The van der Waals surface area contributed by atoms with Crippen LogP contribution in [0, 0.1) is 11.3 Å². The van der Waals surface area contributed by atoms with Gasteiger partial charge < -0.3 is 15.4 Å². The summed E-state index contributed by atoms with van der Waals surface area (Å²) in [7, 11) is 0. The van der Waals surface area contributed by atoms with Gasteiger partial charge >= 0.3 is 0 Å². The van der Waals surface area contributed by atoms with Crippen molar-refractivity contribution in [3.05, 3.63) is 29.8 Å². The van der Waals surface area contributed by atoms with Gasteiger partial charge in [0.15, 0.2) is 0 Å². The van der Waals surface area contributed by atoms with Gasteiger partial charge in [0.2, 0.25) is 5.91 Å². The van der Waals surface area contributed by atoms with Crippen molar-refractivity contribution in [2.75, 3.05) is 25.1 Å². The Labute approximate surface area is 112 Å². The maximum Gasteiger partial charge on any atom is 0.239 e. The lowest BCUT2D eigenvalue weighted by Crippen LogP contribution is -2.41. The monoisotopic (exact) mass is 259 g/mol. The van der Waals surface area contributed by atoms with E-state index in [0.29, 0.717) is 18.8 Å². The fraction of sp³-hybridized carbons (Fsp3) is 0.429. The average molecular weight is 259 g/mol. The second-order valence-corrected chi connectivity index (χ2v) is 4.50. The van der Waals surface area contributed by atoms with Crippen molar-refractivity contribution in [3.8, 4) is 6.07 Å². The van der Waals surface area contributed by atoms with Gasteiger partial charge in [0.1, 0.15) is 0 Å². The van der Waals surface area contributed by atoms with Crippen molar-refractivity contribution < 1.29 is 9.53 Å². The van der Waals surface area contributed by atoms with E-state index >= 15 is 0 Å². The highest BCUT2D eigenvalue weighted by atomic mass is 16.5. The number of rotatable bonds is 4. The number of amides is 1. The highest BCUT2D eigenvalue weighted by Crippen LogP contribution is 2.09. The number of hydrogen-bond acceptors (Lipinski definition) is 4. The van der Waals surface area contributed by atoms with Crippen LogP contribution in [0.5, 0.6) is 0 Å². The molecule has 0 unspecified atom stereocenters. The summed E-state index contributed by atoms with van der Waals surface area (Å²) in [5.41, 5.74) is 1.44. The third-order valence-electron chi connectivity index (χ3n) is 3.05. The van der Waals surface area contributed by atoms with E-state index in [1.807, 2.05) is 0 Å². The van der Waals surface area contributed by atoms with Crippen molar-refractivity contribution >= 4 is 11.6 Å². The quantitative estimate of drug-likeness (QED) is 0.853. The van der Waals surface area contributed by atoms with Gasteiger partial charge in [0, 0.05) is 24.9 Å². The van der Waals surface area contributed by atoms with Gasteiger partial charge in [-0.25, -0.2) is 0 Å². The van der Waals surface area contributed by atoms with E-state index in [0.717, 1.165) is 18.5 Å². The first-order valence-electron chi connectivity index (χ1n) is 6.39. The summed E-state index contributed by atoms with van der Waals surface area (Å²) in [4.78, 5) is 11.7. The smallest absolute Gasteiger partial charge is 0.239 e. The molecule has 19 heavy (non-hydrogen) atoms. The first-order chi connectivity index (χ1) is 9.28. The van der Waals surface area contributed by atoms with Crippen LogP contribution in [-0.4, -0.2) is 31.7 Å². The Kier molecular flexibility index (Phi) is 4.76. The number of anilines is 1. The Morgan fingerprint density at radius 1 is 1.32 bits per heavy atom. The summed E-state index contributed by atoms with van der Waals surface area (Å²) in [5.74, 6) is -0.0174. The van der Waals surface area contributed by atoms with E-state index < -0.39 is 0 Å². The number of ether oxygens (including phenoxy) is 1. The van der Waals surface area contributed by atoms with Crippen molar-refractivity contribution in [1.82, 2.24) is 5.32 Å². The van der Waals surface area contributed by atoms with Crippen molar-refractivity contribution in [2.45, 2.75) is 18.9 Å².